The molecule has 8 nitrogen and oxygen atoms in total. The summed E-state index contributed by atoms with van der Waals surface area (Å²) in [6, 6.07) is 4.39. The third kappa shape index (κ3) is 3.24. The molecule has 0 amide bonds. The number of hydrogen-bond donors (Lipinski definition) is 3. The molecule has 142 valence electrons. The van der Waals surface area contributed by atoms with Crippen LogP contribution >= 0.6 is 12.0 Å². The van der Waals surface area contributed by atoms with E-state index in [0.717, 1.165) is 41.9 Å². The lowest BCUT2D eigenvalue weighted by atomic mass is 9.89. The molecule has 0 bridgehead atoms. The van der Waals surface area contributed by atoms with Crippen LogP contribution in [0.1, 0.15) is 13.4 Å². The number of nitrogens with one attached hydrogen (secondary N) is 2. The lowest BCUT2D eigenvalue weighted by Gasteiger charge is -2.42. The zero-order valence-electron chi connectivity index (χ0n) is 15.1. The van der Waals surface area contributed by atoms with E-state index in [4.69, 9.17) is 9.81 Å². The largest absolute Gasteiger partial charge is 0.412 e. The van der Waals surface area contributed by atoms with Crippen LogP contribution in [-0.2, 0) is 12.6 Å². The van der Waals surface area contributed by atoms with Crippen LogP contribution in [0.25, 0.3) is 22.3 Å². The molecule has 3 aromatic rings. The average Bonchev–Trinajstić information content (AvgIpc) is 3.19. The molecule has 9 heteroatoms. The van der Waals surface area contributed by atoms with Gasteiger partial charge in [0, 0.05) is 57.4 Å². The summed E-state index contributed by atoms with van der Waals surface area (Å²) in [5.41, 5.74) is 4.30. The molecule has 3 aromatic heterocycles. The maximum atomic E-state index is 9.14. The average molecular weight is 379 g/mol. The van der Waals surface area contributed by atoms with E-state index < -0.39 is 0 Å². The van der Waals surface area contributed by atoms with Crippen molar-refractivity contribution in [2.45, 2.75) is 18.9 Å². The van der Waals surface area contributed by atoms with Gasteiger partial charge in [-0.2, -0.15) is 10.4 Å². The SMILES string of the molecule is CSO.Cc1cn(C2(CC#N)CNC2)cc1-c1c2cc[nH]c2nn1C.O.[HH]. The van der Waals surface area contributed by atoms with Gasteiger partial charge in [-0.3, -0.25) is 4.68 Å². The Morgan fingerprint density at radius 2 is 2.15 bits per heavy atom. The maximum absolute atomic E-state index is 9.14. The molecule has 0 spiro atoms. The molecule has 0 radical (unpaired) electrons. The van der Waals surface area contributed by atoms with Gasteiger partial charge in [0.15, 0.2) is 5.65 Å². The predicted molar refractivity (Wildman–Crippen MR) is 106 cm³/mol. The number of aromatic amines is 1. The first-order valence-electron chi connectivity index (χ1n) is 8.01. The quantitative estimate of drug-likeness (QED) is 0.602. The highest BCUT2D eigenvalue weighted by molar-refractivity contribution is 7.93. The van der Waals surface area contributed by atoms with Gasteiger partial charge in [0.25, 0.3) is 0 Å². The molecular formula is C17H26N6O2S. The summed E-state index contributed by atoms with van der Waals surface area (Å²) in [6.45, 7) is 3.81. The number of H-pyrrole nitrogens is 1. The highest BCUT2D eigenvalue weighted by Gasteiger charge is 2.38. The minimum absolute atomic E-state index is 0. The zero-order valence-corrected chi connectivity index (χ0v) is 15.9. The van der Waals surface area contributed by atoms with Crippen molar-refractivity contribution in [3.8, 4) is 17.3 Å². The molecule has 4 rings (SSSR count). The second kappa shape index (κ2) is 7.97. The third-order valence-electron chi connectivity index (χ3n) is 4.70. The van der Waals surface area contributed by atoms with Crippen LogP contribution < -0.4 is 5.32 Å². The normalized spacial score (nSPS) is 14.7. The molecule has 4 heterocycles. The number of nitriles is 1. The summed E-state index contributed by atoms with van der Waals surface area (Å²) >= 11 is 0.750. The van der Waals surface area contributed by atoms with E-state index in [-0.39, 0.29) is 12.4 Å². The Labute approximate surface area is 157 Å². The van der Waals surface area contributed by atoms with Gasteiger partial charge in [-0.05, 0) is 30.6 Å². The fraction of sp³-hybridized carbons (Fsp3) is 0.412. The van der Waals surface area contributed by atoms with Gasteiger partial charge >= 0.3 is 0 Å². The van der Waals surface area contributed by atoms with E-state index in [1.54, 1.807) is 6.26 Å². The van der Waals surface area contributed by atoms with Crippen molar-refractivity contribution in [1.29, 1.82) is 5.26 Å². The molecule has 0 saturated carbocycles. The molecular weight excluding hydrogens is 352 g/mol. The minimum atomic E-state index is -0.104. The fourth-order valence-corrected chi connectivity index (χ4v) is 3.37. The molecule has 0 aromatic carbocycles. The molecule has 1 aliphatic rings. The molecule has 1 aliphatic heterocycles. The van der Waals surface area contributed by atoms with Crippen molar-refractivity contribution in [3.63, 3.8) is 0 Å². The summed E-state index contributed by atoms with van der Waals surface area (Å²) in [4.78, 5) is 3.16. The Bertz CT molecular complexity index is 922. The van der Waals surface area contributed by atoms with Gasteiger partial charge in [-0.15, -0.1) is 0 Å². The third-order valence-corrected chi connectivity index (χ3v) is 4.70. The summed E-state index contributed by atoms with van der Waals surface area (Å²) in [6.07, 6.45) is 8.36. The lowest BCUT2D eigenvalue weighted by Crippen LogP contribution is -2.60. The summed E-state index contributed by atoms with van der Waals surface area (Å²) in [7, 11) is 1.97. The Hall–Kier alpha value is -2.25. The van der Waals surface area contributed by atoms with E-state index in [1.807, 2.05) is 17.9 Å². The second-order valence-electron chi connectivity index (χ2n) is 6.32. The Morgan fingerprint density at radius 1 is 1.46 bits per heavy atom. The minimum Gasteiger partial charge on any atom is -0.412 e. The van der Waals surface area contributed by atoms with Crippen molar-refractivity contribution < 1.29 is 11.5 Å². The lowest BCUT2D eigenvalue weighted by molar-refractivity contribution is 0.180. The van der Waals surface area contributed by atoms with Crippen molar-refractivity contribution in [1.82, 2.24) is 24.6 Å². The highest BCUT2D eigenvalue weighted by Crippen LogP contribution is 2.34. The number of fused-ring (bicyclic) bond motifs is 1. The van der Waals surface area contributed by atoms with E-state index in [0.29, 0.717) is 6.42 Å². The first kappa shape index (κ1) is 20.1. The molecule has 1 saturated heterocycles. The Kier molecular flexibility index (Phi) is 6.15. The molecule has 0 atom stereocenters. The highest BCUT2D eigenvalue weighted by atomic mass is 32.2. The Balaban J connectivity index is 0.000000686. The summed E-state index contributed by atoms with van der Waals surface area (Å²) in [5.74, 6) is 0. The molecule has 0 unspecified atom stereocenters. The monoisotopic (exact) mass is 378 g/mol. The van der Waals surface area contributed by atoms with Crippen LogP contribution in [0.3, 0.4) is 0 Å². The molecule has 5 N–H and O–H groups in total. The van der Waals surface area contributed by atoms with E-state index in [9.17, 15) is 0 Å². The molecule has 1 fully saturated rings. The number of hydrogen-bond acceptors (Lipinski definition) is 5. The van der Waals surface area contributed by atoms with Crippen molar-refractivity contribution in [2.75, 3.05) is 19.3 Å². The van der Waals surface area contributed by atoms with Gasteiger partial charge in [0.2, 0.25) is 0 Å². The van der Waals surface area contributed by atoms with Gasteiger partial charge < -0.3 is 24.9 Å². The van der Waals surface area contributed by atoms with E-state index in [2.05, 4.69) is 51.4 Å². The van der Waals surface area contributed by atoms with Gasteiger partial charge in [-0.1, -0.05) is 0 Å². The Morgan fingerprint density at radius 3 is 2.73 bits per heavy atom. The van der Waals surface area contributed by atoms with Crippen LogP contribution in [-0.4, -0.2) is 48.7 Å². The van der Waals surface area contributed by atoms with Gasteiger partial charge in [0.05, 0.1) is 23.7 Å². The summed E-state index contributed by atoms with van der Waals surface area (Å²) < 4.78 is 11.6. The zero-order chi connectivity index (χ0) is 18.0. The van der Waals surface area contributed by atoms with Crippen LogP contribution in [0, 0.1) is 18.3 Å². The van der Waals surface area contributed by atoms with Gasteiger partial charge in [-0.25, -0.2) is 0 Å². The van der Waals surface area contributed by atoms with E-state index in [1.165, 1.54) is 11.1 Å². The smallest absolute Gasteiger partial charge is 0.159 e. The number of rotatable bonds is 3. The van der Waals surface area contributed by atoms with Crippen LogP contribution in [0.4, 0.5) is 0 Å². The fourth-order valence-electron chi connectivity index (χ4n) is 3.37. The number of aromatic nitrogens is 4. The first-order valence-corrected chi connectivity index (χ1v) is 9.19. The number of nitrogens with zero attached hydrogens (tertiary/aromatic N) is 4. The van der Waals surface area contributed by atoms with E-state index >= 15 is 0 Å². The maximum Gasteiger partial charge on any atom is 0.159 e. The van der Waals surface area contributed by atoms with Crippen LogP contribution in [0.5, 0.6) is 0 Å². The van der Waals surface area contributed by atoms with Crippen LogP contribution in [0.15, 0.2) is 24.7 Å². The van der Waals surface area contributed by atoms with Crippen molar-refractivity contribution in [3.05, 3.63) is 30.2 Å². The van der Waals surface area contributed by atoms with Crippen molar-refractivity contribution >= 4 is 23.1 Å². The first-order chi connectivity index (χ1) is 12.1. The predicted octanol–water partition coefficient (Wildman–Crippen LogP) is 2.13. The second-order valence-corrected chi connectivity index (χ2v) is 6.68. The topological polar surface area (TPSA) is 126 Å². The van der Waals surface area contributed by atoms with Gasteiger partial charge in [0.1, 0.15) is 0 Å². The standard InChI is InChI=1S/C16H18N6.CH4OS.H2O.H2/c1-11-7-22(16(4-5-17)9-18-10-16)8-13(11)14-12-3-6-19-15(12)20-21(14)2;1-3-2;;/h3,6-8,18H,4,9-10H2,1-2H3,(H,19,20);2H,1H3;1H2;1H. The van der Waals surface area contributed by atoms with Crippen LogP contribution in [0.2, 0.25) is 0 Å². The van der Waals surface area contributed by atoms with Crippen molar-refractivity contribution in [2.24, 2.45) is 7.05 Å². The molecule has 0 aliphatic carbocycles. The number of aryl methyl sites for hydroxylation is 2. The molecule has 26 heavy (non-hydrogen) atoms. The summed E-state index contributed by atoms with van der Waals surface area (Å²) in [5, 5.41) is 18.1.